The number of ether oxygens (including phenoxy) is 2. The van der Waals surface area contributed by atoms with Gasteiger partial charge in [0.1, 0.15) is 17.9 Å². The molecule has 0 bridgehead atoms. The van der Waals surface area contributed by atoms with Gasteiger partial charge in [0.2, 0.25) is 11.8 Å². The molecule has 1 spiro atoms. The SMILES string of the molecule is COc1ncc(N2CC3(COC3)C2)cc1Nc1ncc(Cl)c(Nc2ccccc2P(C)(C)=O)n1. The zero-order chi connectivity index (χ0) is 23.9. The van der Waals surface area contributed by atoms with Crippen LogP contribution in [0.25, 0.3) is 0 Å². The maximum atomic E-state index is 12.7. The van der Waals surface area contributed by atoms with Gasteiger partial charge in [0.15, 0.2) is 5.82 Å². The summed E-state index contributed by atoms with van der Waals surface area (Å²) < 4.78 is 23.5. The second-order valence-electron chi connectivity index (χ2n) is 9.11. The number of nitrogens with one attached hydrogen (secondary N) is 2. The Morgan fingerprint density at radius 2 is 1.88 bits per heavy atom. The van der Waals surface area contributed by atoms with Crippen LogP contribution in [0, 0.1) is 5.41 Å². The van der Waals surface area contributed by atoms with Crippen molar-refractivity contribution in [1.29, 1.82) is 0 Å². The Bertz CT molecular complexity index is 1270. The Morgan fingerprint density at radius 1 is 1.12 bits per heavy atom. The molecule has 0 amide bonds. The number of pyridine rings is 1. The maximum Gasteiger partial charge on any atom is 0.237 e. The van der Waals surface area contributed by atoms with E-state index in [0.717, 1.165) is 37.3 Å². The van der Waals surface area contributed by atoms with Crippen molar-refractivity contribution in [1.82, 2.24) is 15.0 Å². The molecule has 0 unspecified atom stereocenters. The number of hydrogen-bond donors (Lipinski definition) is 2. The van der Waals surface area contributed by atoms with Crippen LogP contribution in [0.1, 0.15) is 0 Å². The van der Waals surface area contributed by atoms with E-state index in [0.29, 0.717) is 39.5 Å². The lowest BCUT2D eigenvalue weighted by atomic mass is 9.78. The van der Waals surface area contributed by atoms with Gasteiger partial charge >= 0.3 is 0 Å². The highest BCUT2D eigenvalue weighted by Crippen LogP contribution is 2.42. The summed E-state index contributed by atoms with van der Waals surface area (Å²) in [5.74, 6) is 1.16. The molecule has 34 heavy (non-hydrogen) atoms. The van der Waals surface area contributed by atoms with Crippen LogP contribution in [0.15, 0.2) is 42.7 Å². The molecule has 2 N–H and O–H groups in total. The van der Waals surface area contributed by atoms with Crippen molar-refractivity contribution >= 4 is 52.9 Å². The van der Waals surface area contributed by atoms with Gasteiger partial charge in [0.25, 0.3) is 0 Å². The first-order valence-electron chi connectivity index (χ1n) is 10.8. The second-order valence-corrected chi connectivity index (χ2v) is 12.7. The van der Waals surface area contributed by atoms with E-state index in [-0.39, 0.29) is 0 Å². The summed E-state index contributed by atoms with van der Waals surface area (Å²) in [6, 6.07) is 9.40. The molecule has 2 saturated heterocycles. The summed E-state index contributed by atoms with van der Waals surface area (Å²) >= 11 is 6.38. The number of nitrogens with zero attached hydrogens (tertiary/aromatic N) is 4. The third-order valence-corrected chi connectivity index (χ3v) is 7.82. The molecule has 5 rings (SSSR count). The van der Waals surface area contributed by atoms with Gasteiger partial charge in [0.05, 0.1) is 49.5 Å². The first-order valence-corrected chi connectivity index (χ1v) is 13.8. The molecular weight excluding hydrogens is 475 g/mol. The Labute approximate surface area is 203 Å². The van der Waals surface area contributed by atoms with E-state index in [2.05, 4.69) is 30.5 Å². The monoisotopic (exact) mass is 500 g/mol. The van der Waals surface area contributed by atoms with Crippen LogP contribution >= 0.6 is 18.7 Å². The van der Waals surface area contributed by atoms with E-state index < -0.39 is 7.14 Å². The number of hydrogen-bond acceptors (Lipinski definition) is 9. The summed E-state index contributed by atoms with van der Waals surface area (Å²) in [5.41, 5.74) is 2.62. The van der Waals surface area contributed by atoms with Gasteiger partial charge in [-0.25, -0.2) is 9.97 Å². The first kappa shape index (κ1) is 22.9. The van der Waals surface area contributed by atoms with Gasteiger partial charge in [0, 0.05) is 18.4 Å². The van der Waals surface area contributed by atoms with Gasteiger partial charge in [-0.2, -0.15) is 4.98 Å². The van der Waals surface area contributed by atoms with E-state index in [4.69, 9.17) is 21.1 Å². The first-order chi connectivity index (χ1) is 16.3. The molecule has 0 atom stereocenters. The quantitative estimate of drug-likeness (QED) is 0.464. The lowest BCUT2D eigenvalue weighted by molar-refractivity contribution is -0.127. The van der Waals surface area contributed by atoms with Crippen LogP contribution in [-0.2, 0) is 9.30 Å². The Hall–Kier alpha value is -2.87. The predicted octanol–water partition coefficient (Wildman–Crippen LogP) is 4.11. The summed E-state index contributed by atoms with van der Waals surface area (Å²) in [6.45, 7) is 7.00. The van der Waals surface area contributed by atoms with Gasteiger partial charge in [-0.1, -0.05) is 23.7 Å². The van der Waals surface area contributed by atoms with E-state index in [1.807, 2.05) is 30.3 Å². The molecular formula is C23H26ClN6O3P. The standard InChI is InChI=1S/C23H26ClN6O3P/c1-32-21-18(8-15(9-25-21)30-11-23(12-30)13-33-14-23)28-22-26-10-16(24)20(29-22)27-17-6-4-5-7-19(17)34(2,3)31/h4-10H,11-14H2,1-3H3,(H2,26,27,28,29). The molecule has 11 heteroatoms. The molecule has 178 valence electrons. The topological polar surface area (TPSA) is 102 Å². The zero-order valence-electron chi connectivity index (χ0n) is 19.2. The summed E-state index contributed by atoms with van der Waals surface area (Å²) in [4.78, 5) is 15.6. The lowest BCUT2D eigenvalue weighted by Gasteiger charge is -2.55. The van der Waals surface area contributed by atoms with Crippen molar-refractivity contribution in [2.45, 2.75) is 0 Å². The fourth-order valence-corrected chi connectivity index (χ4v) is 5.49. The van der Waals surface area contributed by atoms with Crippen LogP contribution in [-0.4, -0.2) is 61.7 Å². The highest BCUT2D eigenvalue weighted by atomic mass is 35.5. The van der Waals surface area contributed by atoms with E-state index in [9.17, 15) is 4.57 Å². The number of benzene rings is 1. The maximum absolute atomic E-state index is 12.7. The van der Waals surface area contributed by atoms with Gasteiger partial charge < -0.3 is 29.6 Å². The normalized spacial score (nSPS) is 16.5. The largest absolute Gasteiger partial charge is 0.480 e. The van der Waals surface area contributed by atoms with E-state index >= 15 is 0 Å². The van der Waals surface area contributed by atoms with Crippen LogP contribution in [0.4, 0.5) is 28.8 Å². The number of para-hydroxylation sites is 1. The Kier molecular flexibility index (Phi) is 5.88. The molecule has 0 aliphatic carbocycles. The molecule has 2 aliphatic rings. The van der Waals surface area contributed by atoms with Crippen molar-refractivity contribution in [3.05, 3.63) is 47.7 Å². The van der Waals surface area contributed by atoms with Crippen molar-refractivity contribution in [3.8, 4) is 5.88 Å². The Balaban J connectivity index is 1.39. The smallest absolute Gasteiger partial charge is 0.237 e. The minimum atomic E-state index is -2.51. The Morgan fingerprint density at radius 3 is 2.56 bits per heavy atom. The second kappa shape index (κ2) is 8.73. The number of methoxy groups -OCH3 is 1. The molecule has 1 aromatic carbocycles. The molecule has 2 fully saturated rings. The number of anilines is 5. The zero-order valence-corrected chi connectivity index (χ0v) is 20.9. The average Bonchev–Trinajstić information content (AvgIpc) is 2.74. The van der Waals surface area contributed by atoms with Crippen LogP contribution < -0.4 is 25.6 Å². The van der Waals surface area contributed by atoms with Crippen molar-refractivity contribution in [2.75, 3.05) is 62.3 Å². The number of rotatable bonds is 7. The molecule has 2 aliphatic heterocycles. The number of halogens is 1. The summed E-state index contributed by atoms with van der Waals surface area (Å²) in [5, 5.41) is 7.48. The minimum Gasteiger partial charge on any atom is -0.480 e. The van der Waals surface area contributed by atoms with E-state index in [1.54, 1.807) is 26.6 Å². The molecule has 9 nitrogen and oxygen atoms in total. The fraction of sp³-hybridized carbons (Fsp3) is 0.348. The van der Waals surface area contributed by atoms with Gasteiger partial charge in [-0.3, -0.25) is 0 Å². The number of aromatic nitrogens is 3. The predicted molar refractivity (Wildman–Crippen MR) is 135 cm³/mol. The third-order valence-electron chi connectivity index (χ3n) is 5.99. The van der Waals surface area contributed by atoms with Crippen molar-refractivity contribution < 1.29 is 14.0 Å². The van der Waals surface area contributed by atoms with Crippen LogP contribution in [0.5, 0.6) is 5.88 Å². The van der Waals surface area contributed by atoms with Gasteiger partial charge in [-0.05, 0) is 31.5 Å². The lowest BCUT2D eigenvalue weighted by Crippen LogP contribution is -2.66. The van der Waals surface area contributed by atoms with Crippen LogP contribution in [0.3, 0.4) is 0 Å². The van der Waals surface area contributed by atoms with Crippen LogP contribution in [0.2, 0.25) is 5.02 Å². The molecule has 3 aromatic rings. The minimum absolute atomic E-state index is 0.296. The third kappa shape index (κ3) is 4.43. The highest BCUT2D eigenvalue weighted by Gasteiger charge is 2.49. The molecule has 2 aromatic heterocycles. The molecule has 0 radical (unpaired) electrons. The summed E-state index contributed by atoms with van der Waals surface area (Å²) in [6.07, 6.45) is 3.32. The highest BCUT2D eigenvalue weighted by molar-refractivity contribution is 7.70. The van der Waals surface area contributed by atoms with E-state index in [1.165, 1.54) is 6.20 Å². The van der Waals surface area contributed by atoms with Crippen molar-refractivity contribution in [3.63, 3.8) is 0 Å². The summed E-state index contributed by atoms with van der Waals surface area (Å²) in [7, 11) is -0.940. The average molecular weight is 501 g/mol. The van der Waals surface area contributed by atoms with Crippen molar-refractivity contribution in [2.24, 2.45) is 5.41 Å². The molecule has 0 saturated carbocycles. The van der Waals surface area contributed by atoms with Gasteiger partial charge in [-0.15, -0.1) is 0 Å². The fourth-order valence-electron chi connectivity index (χ4n) is 4.20. The molecule has 4 heterocycles.